The van der Waals surface area contributed by atoms with Crippen LogP contribution >= 0.6 is 35.3 Å². The highest BCUT2D eigenvalue weighted by Crippen LogP contribution is 2.28. The van der Waals surface area contributed by atoms with Gasteiger partial charge in [-0.3, -0.25) is 14.2 Å². The number of amides is 1. The highest BCUT2D eigenvalue weighted by atomic mass is 32.2. The lowest BCUT2D eigenvalue weighted by atomic mass is 9.95. The molecule has 2 aromatic carbocycles. The second-order valence-electron chi connectivity index (χ2n) is 9.87. The number of carbonyl (C=O) groups is 1. The molecule has 9 heteroatoms. The first-order chi connectivity index (χ1) is 18.4. The molecule has 5 rings (SSSR count). The van der Waals surface area contributed by atoms with Crippen LogP contribution in [0.25, 0.3) is 16.0 Å². The van der Waals surface area contributed by atoms with E-state index in [9.17, 15) is 9.59 Å². The van der Waals surface area contributed by atoms with Crippen LogP contribution in [0.15, 0.2) is 58.5 Å². The van der Waals surface area contributed by atoms with E-state index in [1.807, 2.05) is 54.8 Å². The number of fused-ring (bicyclic) bond motifs is 1. The fourth-order valence-corrected chi connectivity index (χ4v) is 7.27. The Kier molecular flexibility index (Phi) is 8.45. The van der Waals surface area contributed by atoms with Crippen LogP contribution in [-0.2, 0) is 17.8 Å². The number of aromatic nitrogens is 3. The van der Waals surface area contributed by atoms with E-state index in [0.717, 1.165) is 48.9 Å². The number of hydrogen-bond acceptors (Lipinski definition) is 6. The molecule has 0 radical (unpaired) electrons. The zero-order valence-corrected chi connectivity index (χ0v) is 24.2. The topological polar surface area (TPSA) is 68.9 Å². The Morgan fingerprint density at radius 2 is 1.79 bits per heavy atom. The van der Waals surface area contributed by atoms with Crippen LogP contribution in [0.3, 0.4) is 0 Å². The summed E-state index contributed by atoms with van der Waals surface area (Å²) >= 11 is 8.33. The zero-order chi connectivity index (χ0) is 26.6. The van der Waals surface area contributed by atoms with Gasteiger partial charge in [0.15, 0.2) is 14.8 Å². The molecular weight excluding hydrogens is 533 g/mol. The third-order valence-corrected chi connectivity index (χ3v) is 9.46. The van der Waals surface area contributed by atoms with Gasteiger partial charge < -0.3 is 9.88 Å². The molecule has 1 aliphatic carbocycles. The Hall–Kier alpha value is -2.75. The molecule has 2 heterocycles. The Balaban J connectivity index is 1.53. The summed E-state index contributed by atoms with van der Waals surface area (Å²) in [6.45, 7) is 4.63. The molecule has 198 valence electrons. The van der Waals surface area contributed by atoms with Crippen LogP contribution in [0.4, 0.5) is 0 Å². The largest absolute Gasteiger partial charge is 0.353 e. The van der Waals surface area contributed by atoms with Crippen molar-refractivity contribution in [3.63, 3.8) is 0 Å². The third-order valence-electron chi connectivity index (χ3n) is 7.09. The molecular formula is C29H32N4O2S3. The molecule has 0 bridgehead atoms. The molecule has 1 N–H and O–H groups in total. The van der Waals surface area contributed by atoms with Gasteiger partial charge in [-0.2, -0.15) is 0 Å². The average Bonchev–Trinajstić information content (AvgIpc) is 3.23. The highest BCUT2D eigenvalue weighted by Gasteiger charge is 2.22. The maximum Gasteiger partial charge on any atom is 0.278 e. The lowest BCUT2D eigenvalue weighted by molar-refractivity contribution is -0.119. The number of para-hydroxylation sites is 1. The zero-order valence-electron chi connectivity index (χ0n) is 21.7. The lowest BCUT2D eigenvalue weighted by Crippen LogP contribution is -2.37. The van der Waals surface area contributed by atoms with Crippen molar-refractivity contribution in [3.8, 4) is 5.69 Å². The summed E-state index contributed by atoms with van der Waals surface area (Å²) in [5, 5.41) is 3.70. The van der Waals surface area contributed by atoms with Crippen molar-refractivity contribution in [2.45, 2.75) is 70.1 Å². The minimum atomic E-state index is -0.142. The first-order valence-corrected chi connectivity index (χ1v) is 15.3. The summed E-state index contributed by atoms with van der Waals surface area (Å²) in [5.74, 6) is 0.185. The standard InChI is InChI=1S/C29H32N4O2S3/c1-19-10-9-11-20(2)24(19)33-27(35)25-26(32(29(36)38-25)17-16-21-12-5-3-6-13-21)31-28(33)37-18-23(34)30-22-14-7-4-8-15-22/h3,5-6,9-13,22H,4,7-8,14-18H2,1-2H3,(H,30,34). The minimum Gasteiger partial charge on any atom is -0.353 e. The molecule has 0 aliphatic heterocycles. The molecule has 38 heavy (non-hydrogen) atoms. The van der Waals surface area contributed by atoms with Crippen LogP contribution in [0.5, 0.6) is 0 Å². The van der Waals surface area contributed by atoms with E-state index in [1.54, 1.807) is 4.57 Å². The second-order valence-corrected chi connectivity index (χ2v) is 12.5. The molecule has 1 saturated carbocycles. The van der Waals surface area contributed by atoms with Gasteiger partial charge in [-0.25, -0.2) is 4.98 Å². The highest BCUT2D eigenvalue weighted by molar-refractivity contribution is 7.99. The summed E-state index contributed by atoms with van der Waals surface area (Å²) in [6, 6.07) is 16.4. The summed E-state index contributed by atoms with van der Waals surface area (Å²) in [7, 11) is 0. The van der Waals surface area contributed by atoms with Crippen molar-refractivity contribution in [1.82, 2.24) is 19.4 Å². The van der Waals surface area contributed by atoms with Gasteiger partial charge in [0, 0.05) is 12.6 Å². The Bertz CT molecular complexity index is 1550. The predicted octanol–water partition coefficient (Wildman–Crippen LogP) is 6.38. The number of aryl methyl sites for hydroxylation is 4. The molecule has 1 fully saturated rings. The average molecular weight is 565 g/mol. The van der Waals surface area contributed by atoms with Gasteiger partial charge in [-0.15, -0.1) is 0 Å². The van der Waals surface area contributed by atoms with E-state index in [-0.39, 0.29) is 23.3 Å². The van der Waals surface area contributed by atoms with Crippen molar-refractivity contribution in [1.29, 1.82) is 0 Å². The minimum absolute atomic E-state index is 0.0180. The van der Waals surface area contributed by atoms with Gasteiger partial charge in [-0.1, -0.05) is 90.9 Å². The number of nitrogens with zero attached hydrogens (tertiary/aromatic N) is 3. The van der Waals surface area contributed by atoms with E-state index in [4.69, 9.17) is 17.2 Å². The molecule has 0 spiro atoms. The molecule has 1 amide bonds. The summed E-state index contributed by atoms with van der Waals surface area (Å²) < 4.78 is 4.82. The fraction of sp³-hybridized carbons (Fsp3) is 0.379. The van der Waals surface area contributed by atoms with Crippen molar-refractivity contribution in [2.75, 3.05) is 5.75 Å². The molecule has 0 unspecified atom stereocenters. The van der Waals surface area contributed by atoms with Crippen LogP contribution in [0, 0.1) is 17.8 Å². The summed E-state index contributed by atoms with van der Waals surface area (Å²) in [4.78, 5) is 31.9. The molecule has 4 aromatic rings. The maximum atomic E-state index is 14.0. The van der Waals surface area contributed by atoms with Gasteiger partial charge in [0.25, 0.3) is 5.56 Å². The lowest BCUT2D eigenvalue weighted by Gasteiger charge is -2.22. The fourth-order valence-electron chi connectivity index (χ4n) is 5.16. The second kappa shape index (κ2) is 12.0. The van der Waals surface area contributed by atoms with E-state index in [0.29, 0.717) is 26.0 Å². The van der Waals surface area contributed by atoms with E-state index < -0.39 is 0 Å². The SMILES string of the molecule is Cc1cccc(C)c1-n1c(SCC(=O)NC2CCCCC2)nc2c(sc(=S)n2CCc2ccccc2)c1=O. The monoisotopic (exact) mass is 564 g/mol. The van der Waals surface area contributed by atoms with Gasteiger partial charge >= 0.3 is 0 Å². The van der Waals surface area contributed by atoms with Crippen LogP contribution < -0.4 is 10.9 Å². The Morgan fingerprint density at radius 3 is 2.50 bits per heavy atom. The third kappa shape index (κ3) is 5.80. The number of thioether (sulfide) groups is 1. The molecule has 6 nitrogen and oxygen atoms in total. The number of hydrogen-bond donors (Lipinski definition) is 1. The van der Waals surface area contributed by atoms with Gasteiger partial charge in [0.1, 0.15) is 4.70 Å². The Morgan fingerprint density at radius 1 is 1.08 bits per heavy atom. The van der Waals surface area contributed by atoms with Crippen LogP contribution in [-0.4, -0.2) is 31.8 Å². The van der Waals surface area contributed by atoms with Gasteiger partial charge in [0.2, 0.25) is 5.91 Å². The van der Waals surface area contributed by atoms with Gasteiger partial charge in [-0.05, 0) is 62.0 Å². The molecule has 0 atom stereocenters. The van der Waals surface area contributed by atoms with Crippen molar-refractivity contribution in [2.24, 2.45) is 0 Å². The first kappa shape index (κ1) is 26.8. The summed E-state index contributed by atoms with van der Waals surface area (Å²) in [5.41, 5.74) is 4.43. The first-order valence-electron chi connectivity index (χ1n) is 13.1. The molecule has 1 aliphatic rings. The number of carbonyl (C=O) groups excluding carboxylic acids is 1. The molecule has 0 saturated heterocycles. The van der Waals surface area contributed by atoms with Gasteiger partial charge in [0.05, 0.1) is 11.4 Å². The Labute approximate surface area is 236 Å². The number of rotatable bonds is 8. The number of thiazole rings is 1. The van der Waals surface area contributed by atoms with E-state index >= 15 is 0 Å². The van der Waals surface area contributed by atoms with E-state index in [2.05, 4.69) is 17.4 Å². The number of benzene rings is 2. The predicted molar refractivity (Wildman–Crippen MR) is 159 cm³/mol. The van der Waals surface area contributed by atoms with Crippen molar-refractivity contribution < 1.29 is 4.79 Å². The van der Waals surface area contributed by atoms with Crippen LogP contribution in [0.1, 0.15) is 48.8 Å². The van der Waals surface area contributed by atoms with Crippen molar-refractivity contribution >= 4 is 51.6 Å². The molecule has 2 aromatic heterocycles. The smallest absolute Gasteiger partial charge is 0.278 e. The normalized spacial score (nSPS) is 14.2. The quantitative estimate of drug-likeness (QED) is 0.153. The number of nitrogens with one attached hydrogen (secondary N) is 1. The van der Waals surface area contributed by atoms with Crippen molar-refractivity contribution in [3.05, 3.63) is 79.5 Å². The van der Waals surface area contributed by atoms with E-state index in [1.165, 1.54) is 35.1 Å². The maximum absolute atomic E-state index is 14.0. The summed E-state index contributed by atoms with van der Waals surface area (Å²) in [6.07, 6.45) is 6.41. The van der Waals surface area contributed by atoms with Crippen LogP contribution in [0.2, 0.25) is 0 Å².